The Morgan fingerprint density at radius 1 is 0.746 bits per heavy atom. The van der Waals surface area contributed by atoms with Gasteiger partial charge in [0.2, 0.25) is 5.91 Å². The molecule has 3 aromatic heterocycles. The third-order valence-electron chi connectivity index (χ3n) is 14.4. The molecule has 0 spiro atoms. The van der Waals surface area contributed by atoms with Gasteiger partial charge < -0.3 is 95.0 Å². The molecular formula is C47H62N4O20. The maximum Gasteiger partial charge on any atom is 0.317 e. The zero-order valence-corrected chi connectivity index (χ0v) is 39.6. The molecule has 4 aliphatic rings. The first kappa shape index (κ1) is 53.6. The average Bonchev–Trinajstić information content (AvgIpc) is 4.09. The molecule has 2 unspecified atom stereocenters. The zero-order valence-electron chi connectivity index (χ0n) is 39.6. The fourth-order valence-electron chi connectivity index (χ4n) is 10.3. The van der Waals surface area contributed by atoms with Gasteiger partial charge in [0.1, 0.15) is 60.9 Å². The highest BCUT2D eigenvalue weighted by Crippen LogP contribution is 2.47. The van der Waals surface area contributed by atoms with E-state index < -0.39 is 129 Å². The van der Waals surface area contributed by atoms with E-state index in [-0.39, 0.29) is 55.5 Å². The van der Waals surface area contributed by atoms with Gasteiger partial charge in [-0.1, -0.05) is 0 Å². The largest absolute Gasteiger partial charge is 0.481 e. The summed E-state index contributed by atoms with van der Waals surface area (Å²) < 4.78 is 27.3. The summed E-state index contributed by atoms with van der Waals surface area (Å²) in [5, 5.41) is 104. The number of amides is 1. The summed E-state index contributed by atoms with van der Waals surface area (Å²) in [5.74, 6) is -5.58. The zero-order chi connectivity index (χ0) is 51.9. The normalized spacial score (nSPS) is 30.2. The highest BCUT2D eigenvalue weighted by atomic mass is 16.7. The second-order valence-electron chi connectivity index (χ2n) is 18.5. The van der Waals surface area contributed by atoms with Crippen molar-refractivity contribution in [1.29, 1.82) is 0 Å². The number of rotatable bonds is 20. The molecule has 24 heteroatoms. The maximum absolute atomic E-state index is 14.5. The lowest BCUT2D eigenvalue weighted by Crippen LogP contribution is -2.59. The topological polar surface area (TPSA) is 393 Å². The van der Waals surface area contributed by atoms with Gasteiger partial charge >= 0.3 is 11.9 Å². The summed E-state index contributed by atoms with van der Waals surface area (Å²) in [4.78, 5) is 75.6. The Hall–Kier alpha value is -5.19. The van der Waals surface area contributed by atoms with E-state index in [0.29, 0.717) is 68.1 Å². The second-order valence-corrected chi connectivity index (χ2v) is 18.5. The Bertz CT molecular complexity index is 2520. The SMILES string of the molecule is COC(=O)[C@@H]1C(=O)c2c([nH]c(Cc3[nH]c(C=O)c(C)c3CCO[C@@H]3O[C@H](CO)[C@@H](O)[C@H](O)[C@H]3O)c2C)[C@H]1c1[nH]c(CC2NC(=O)C(C(O)CO[C@@H]3O[C@H](CO)[C@@H](O)[C@H](O)[C@H]3O)=C2C)c(C)c1CCC(=O)O. The number of nitrogens with one attached hydrogen (secondary N) is 4. The van der Waals surface area contributed by atoms with Gasteiger partial charge in [0, 0.05) is 58.9 Å². The van der Waals surface area contributed by atoms with Crippen LogP contribution in [0.25, 0.3) is 0 Å². The third kappa shape index (κ3) is 10.1. The molecule has 0 bridgehead atoms. The molecular weight excluding hydrogens is 941 g/mol. The second kappa shape index (κ2) is 21.9. The molecule has 14 N–H and O–H groups in total. The summed E-state index contributed by atoms with van der Waals surface area (Å²) in [6.45, 7) is 4.74. The van der Waals surface area contributed by atoms with Gasteiger partial charge in [0.15, 0.2) is 24.6 Å². The van der Waals surface area contributed by atoms with Crippen LogP contribution in [0.5, 0.6) is 0 Å². The quantitative estimate of drug-likeness (QED) is 0.0305. The first-order valence-electron chi connectivity index (χ1n) is 23.1. The number of methoxy groups -OCH3 is 1. The minimum Gasteiger partial charge on any atom is -0.481 e. The number of carboxylic acids is 1. The third-order valence-corrected chi connectivity index (χ3v) is 14.4. The van der Waals surface area contributed by atoms with E-state index in [0.717, 1.165) is 7.11 Å². The number of hydrogen-bond acceptors (Lipinski definition) is 19. The van der Waals surface area contributed by atoms with Crippen LogP contribution in [0, 0.1) is 26.7 Å². The monoisotopic (exact) mass is 1000 g/mol. The molecule has 1 aliphatic carbocycles. The lowest BCUT2D eigenvalue weighted by atomic mass is 9.87. The Kier molecular flexibility index (Phi) is 16.5. The number of carbonyl (C=O) groups excluding carboxylic acids is 4. The van der Waals surface area contributed by atoms with E-state index in [4.69, 9.17) is 23.7 Å². The fraction of sp³-hybridized carbons (Fsp3) is 0.596. The number of hydrogen-bond donors (Lipinski definition) is 14. The highest BCUT2D eigenvalue weighted by molar-refractivity contribution is 6.14. The standard InChI is InChI=1S/C47H62N4O20/c1-16-20(8-9-68-46-42(63)40(61)37(58)28(13-53)70-46)25(48-26(16)12-52)11-23-19(4)32-36(50-23)33(34(39(32)60)45(66)67-5)35-21(6-7-30(56)57)17(2)22(49-35)10-24-18(3)31(44(65)51-24)27(55)15-69-47-43(64)41(62)38(59)29(14-54)71-47/h12,24,27-29,33-34,37-38,40-43,46-50,53-55,58-59,61-64H,6-11,13-15H2,1-5H3,(H,51,65)(H,56,57)/t24?,27?,28-,29-,33-,34+,37-,38-,40+,41+,42-,43-,46-,47-/m1/s1. The van der Waals surface area contributed by atoms with Crippen molar-refractivity contribution in [3.63, 3.8) is 0 Å². The van der Waals surface area contributed by atoms with Crippen LogP contribution in [0.4, 0.5) is 0 Å². The molecule has 7 rings (SSSR count). The molecule has 14 atom stereocenters. The maximum atomic E-state index is 14.5. The number of H-pyrrole nitrogens is 3. The van der Waals surface area contributed by atoms with E-state index >= 15 is 0 Å². The van der Waals surface area contributed by atoms with E-state index in [1.54, 1.807) is 27.7 Å². The fourth-order valence-corrected chi connectivity index (χ4v) is 10.3. The molecule has 24 nitrogen and oxygen atoms in total. The van der Waals surface area contributed by atoms with Crippen LogP contribution in [0.15, 0.2) is 11.1 Å². The van der Waals surface area contributed by atoms with E-state index in [2.05, 4.69) is 20.3 Å². The molecule has 390 valence electrons. The summed E-state index contributed by atoms with van der Waals surface area (Å²) in [7, 11) is 1.15. The van der Waals surface area contributed by atoms with E-state index in [9.17, 15) is 75.0 Å². The van der Waals surface area contributed by atoms with Gasteiger partial charge in [-0.05, 0) is 73.9 Å². The van der Waals surface area contributed by atoms with Crippen LogP contribution < -0.4 is 5.32 Å². The number of Topliss-reactive ketones (excluding diaryl/α,β-unsaturated/α-hetero) is 1. The molecule has 6 heterocycles. The summed E-state index contributed by atoms with van der Waals surface area (Å²) in [6, 6.07) is -0.731. The minimum atomic E-state index is -1.74. The Morgan fingerprint density at radius 2 is 1.35 bits per heavy atom. The highest BCUT2D eigenvalue weighted by Gasteiger charge is 2.51. The van der Waals surface area contributed by atoms with Crippen LogP contribution in [-0.4, -0.2) is 203 Å². The van der Waals surface area contributed by atoms with Crippen molar-refractivity contribution in [2.45, 2.75) is 139 Å². The number of aliphatic hydroxyl groups excluding tert-OH is 9. The lowest BCUT2D eigenvalue weighted by Gasteiger charge is -2.39. The summed E-state index contributed by atoms with van der Waals surface area (Å²) in [5.41, 5.74) is 6.02. The van der Waals surface area contributed by atoms with Gasteiger partial charge in [0.05, 0.1) is 51.2 Å². The number of fused-ring (bicyclic) bond motifs is 1. The van der Waals surface area contributed by atoms with Crippen LogP contribution in [0.3, 0.4) is 0 Å². The summed E-state index contributed by atoms with van der Waals surface area (Å²) in [6.07, 6.45) is -16.3. The number of aliphatic hydroxyl groups is 9. The predicted molar refractivity (Wildman–Crippen MR) is 240 cm³/mol. The van der Waals surface area contributed by atoms with Gasteiger partial charge in [0.25, 0.3) is 0 Å². The van der Waals surface area contributed by atoms with Crippen LogP contribution in [-0.2, 0) is 63.8 Å². The van der Waals surface area contributed by atoms with Crippen LogP contribution >= 0.6 is 0 Å². The van der Waals surface area contributed by atoms with Crippen LogP contribution in [0.1, 0.15) is 96.4 Å². The van der Waals surface area contributed by atoms with Crippen molar-refractivity contribution < 1.29 is 98.7 Å². The van der Waals surface area contributed by atoms with Gasteiger partial charge in [-0.2, -0.15) is 0 Å². The number of ketones is 1. The summed E-state index contributed by atoms with van der Waals surface area (Å²) >= 11 is 0. The Labute approximate surface area is 405 Å². The smallest absolute Gasteiger partial charge is 0.317 e. The van der Waals surface area contributed by atoms with Crippen molar-refractivity contribution in [2.24, 2.45) is 5.92 Å². The van der Waals surface area contributed by atoms with Crippen molar-refractivity contribution in [2.75, 3.05) is 33.5 Å². The van der Waals surface area contributed by atoms with E-state index in [1.807, 2.05) is 0 Å². The number of aldehydes is 1. The van der Waals surface area contributed by atoms with Crippen molar-refractivity contribution in [3.8, 4) is 0 Å². The van der Waals surface area contributed by atoms with Crippen molar-refractivity contribution in [3.05, 3.63) is 78.7 Å². The van der Waals surface area contributed by atoms with Crippen molar-refractivity contribution in [1.82, 2.24) is 20.3 Å². The van der Waals surface area contributed by atoms with Crippen LogP contribution in [0.2, 0.25) is 0 Å². The number of aromatic nitrogens is 3. The number of aromatic amines is 3. The molecule has 3 aliphatic heterocycles. The molecule has 1 amide bonds. The first-order chi connectivity index (χ1) is 33.7. The number of esters is 1. The molecule has 3 aromatic rings. The number of ether oxygens (including phenoxy) is 5. The molecule has 0 radical (unpaired) electrons. The Morgan fingerprint density at radius 3 is 1.93 bits per heavy atom. The molecule has 0 aromatic carbocycles. The first-order valence-corrected chi connectivity index (χ1v) is 23.1. The van der Waals surface area contributed by atoms with Crippen molar-refractivity contribution >= 4 is 29.9 Å². The average molecular weight is 1000 g/mol. The number of carbonyl (C=O) groups is 5. The minimum absolute atomic E-state index is 0.0245. The van der Waals surface area contributed by atoms with Gasteiger partial charge in [-0.25, -0.2) is 0 Å². The Balaban J connectivity index is 1.17. The molecule has 0 saturated carbocycles. The van der Waals surface area contributed by atoms with Gasteiger partial charge in [-0.3, -0.25) is 24.0 Å². The lowest BCUT2D eigenvalue weighted by molar-refractivity contribution is -0.303. The molecule has 2 saturated heterocycles. The number of aliphatic carboxylic acids is 1. The molecule has 2 fully saturated rings. The predicted octanol–water partition coefficient (Wildman–Crippen LogP) is -2.97. The number of carboxylic acid groups (broad SMARTS) is 1. The van der Waals surface area contributed by atoms with E-state index in [1.165, 1.54) is 0 Å². The van der Waals surface area contributed by atoms with Gasteiger partial charge in [-0.15, -0.1) is 0 Å². The molecule has 71 heavy (non-hydrogen) atoms.